The zero-order chi connectivity index (χ0) is 21.0. The van der Waals surface area contributed by atoms with Gasteiger partial charge in [0.05, 0.1) is 5.56 Å². The molecule has 0 aliphatic heterocycles. The molecular formula is C20H23F3N4O2. The van der Waals surface area contributed by atoms with E-state index >= 15 is 0 Å². The standard InChI is InChI=1S/C20H23F3N4O2/c1-12-10-13(2)25-19(24-12)29-17-8-6-15(7-9-17)26-18(28)27-16-5-3-4-14(11-16)20(21,22)23/h3-5,10-11,15,17H,6-9H2,1-2H3,(H2,26,27,28). The Bertz CT molecular complexity index is 845. The van der Waals surface area contributed by atoms with E-state index in [-0.39, 0.29) is 17.8 Å². The number of benzene rings is 1. The second-order valence-corrected chi connectivity index (χ2v) is 7.20. The second kappa shape index (κ2) is 8.67. The number of ether oxygens (including phenoxy) is 1. The smallest absolute Gasteiger partial charge is 0.416 e. The van der Waals surface area contributed by atoms with Crippen molar-refractivity contribution in [1.82, 2.24) is 15.3 Å². The zero-order valence-corrected chi connectivity index (χ0v) is 16.2. The van der Waals surface area contributed by atoms with Gasteiger partial charge in [0.1, 0.15) is 6.10 Å². The summed E-state index contributed by atoms with van der Waals surface area (Å²) in [6.45, 7) is 3.76. The van der Waals surface area contributed by atoms with E-state index in [4.69, 9.17) is 4.74 Å². The molecule has 1 fully saturated rings. The van der Waals surface area contributed by atoms with Crippen LogP contribution >= 0.6 is 0 Å². The van der Waals surface area contributed by atoms with Crippen LogP contribution in [0.3, 0.4) is 0 Å². The molecule has 1 saturated carbocycles. The number of alkyl halides is 3. The molecule has 2 N–H and O–H groups in total. The third-order valence-corrected chi connectivity index (χ3v) is 4.69. The molecule has 2 aromatic rings. The number of aryl methyl sites for hydroxylation is 2. The summed E-state index contributed by atoms with van der Waals surface area (Å²) < 4.78 is 44.2. The molecule has 6 nitrogen and oxygen atoms in total. The fourth-order valence-corrected chi connectivity index (χ4v) is 3.35. The van der Waals surface area contributed by atoms with Gasteiger partial charge in [-0.3, -0.25) is 0 Å². The SMILES string of the molecule is Cc1cc(C)nc(OC2CCC(NC(=O)Nc3cccc(C(F)(F)F)c3)CC2)n1. The number of aromatic nitrogens is 2. The number of amides is 2. The molecule has 0 radical (unpaired) electrons. The summed E-state index contributed by atoms with van der Waals surface area (Å²) in [5.41, 5.74) is 0.978. The van der Waals surface area contributed by atoms with Crippen molar-refractivity contribution in [1.29, 1.82) is 0 Å². The van der Waals surface area contributed by atoms with Gasteiger partial charge < -0.3 is 15.4 Å². The van der Waals surface area contributed by atoms with Crippen LogP contribution in [0, 0.1) is 13.8 Å². The number of halogens is 3. The number of carbonyl (C=O) groups excluding carboxylic acids is 1. The van der Waals surface area contributed by atoms with Crippen LogP contribution in [0.1, 0.15) is 42.6 Å². The topological polar surface area (TPSA) is 76.1 Å². The molecule has 9 heteroatoms. The molecule has 3 rings (SSSR count). The van der Waals surface area contributed by atoms with Gasteiger partial charge in [-0.1, -0.05) is 6.07 Å². The Labute approximate surface area is 166 Å². The van der Waals surface area contributed by atoms with Crippen molar-refractivity contribution >= 4 is 11.7 Å². The van der Waals surface area contributed by atoms with Gasteiger partial charge in [-0.15, -0.1) is 0 Å². The average Bonchev–Trinajstić information content (AvgIpc) is 2.62. The van der Waals surface area contributed by atoms with Crippen molar-refractivity contribution in [3.8, 4) is 6.01 Å². The minimum Gasteiger partial charge on any atom is -0.460 e. The van der Waals surface area contributed by atoms with Crippen LogP contribution < -0.4 is 15.4 Å². The zero-order valence-electron chi connectivity index (χ0n) is 16.2. The normalized spacial score (nSPS) is 19.5. The van der Waals surface area contributed by atoms with Crippen molar-refractivity contribution in [2.24, 2.45) is 0 Å². The molecule has 0 saturated heterocycles. The molecular weight excluding hydrogens is 385 g/mol. The Hall–Kier alpha value is -2.84. The largest absolute Gasteiger partial charge is 0.460 e. The van der Waals surface area contributed by atoms with Crippen LogP contribution in [0.15, 0.2) is 30.3 Å². The maximum atomic E-state index is 12.8. The molecule has 1 aromatic carbocycles. The Morgan fingerprint density at radius 3 is 2.34 bits per heavy atom. The van der Waals surface area contributed by atoms with E-state index < -0.39 is 17.8 Å². The van der Waals surface area contributed by atoms with Crippen LogP contribution in [0.25, 0.3) is 0 Å². The van der Waals surface area contributed by atoms with E-state index in [1.54, 1.807) is 0 Å². The van der Waals surface area contributed by atoms with Crippen LogP contribution in [-0.4, -0.2) is 28.1 Å². The fraction of sp³-hybridized carbons (Fsp3) is 0.450. The molecule has 0 spiro atoms. The number of carbonyl (C=O) groups is 1. The van der Waals surface area contributed by atoms with Crippen molar-refractivity contribution in [2.45, 2.75) is 57.9 Å². The van der Waals surface area contributed by atoms with Gasteiger partial charge >= 0.3 is 18.2 Å². The summed E-state index contributed by atoms with van der Waals surface area (Å²) in [5, 5.41) is 5.27. The van der Waals surface area contributed by atoms with Gasteiger partial charge in [-0.25, -0.2) is 14.8 Å². The summed E-state index contributed by atoms with van der Waals surface area (Å²) in [5.74, 6) is 0. The molecule has 29 heavy (non-hydrogen) atoms. The summed E-state index contributed by atoms with van der Waals surface area (Å²) >= 11 is 0. The Morgan fingerprint density at radius 1 is 1.07 bits per heavy atom. The van der Waals surface area contributed by atoms with Crippen molar-refractivity contribution in [2.75, 3.05) is 5.32 Å². The molecule has 1 aromatic heterocycles. The van der Waals surface area contributed by atoms with Gasteiger partial charge in [0.2, 0.25) is 0 Å². The quantitative estimate of drug-likeness (QED) is 0.774. The van der Waals surface area contributed by atoms with Crippen LogP contribution in [-0.2, 0) is 6.18 Å². The lowest BCUT2D eigenvalue weighted by Crippen LogP contribution is -2.41. The van der Waals surface area contributed by atoms with E-state index in [0.717, 1.165) is 36.4 Å². The summed E-state index contributed by atoms with van der Waals surface area (Å²) in [6, 6.07) is 6.20. The second-order valence-electron chi connectivity index (χ2n) is 7.20. The van der Waals surface area contributed by atoms with E-state index in [1.165, 1.54) is 12.1 Å². The van der Waals surface area contributed by atoms with Gasteiger partial charge in [0.15, 0.2) is 0 Å². The Morgan fingerprint density at radius 2 is 1.72 bits per heavy atom. The van der Waals surface area contributed by atoms with Gasteiger partial charge in [-0.2, -0.15) is 13.2 Å². The van der Waals surface area contributed by atoms with Gasteiger partial charge in [0.25, 0.3) is 0 Å². The first kappa shape index (κ1) is 20.9. The highest BCUT2D eigenvalue weighted by atomic mass is 19.4. The first-order chi connectivity index (χ1) is 13.7. The average molecular weight is 408 g/mol. The van der Waals surface area contributed by atoms with E-state index in [0.29, 0.717) is 18.9 Å². The lowest BCUT2D eigenvalue weighted by molar-refractivity contribution is -0.137. The third-order valence-electron chi connectivity index (χ3n) is 4.69. The van der Waals surface area contributed by atoms with Gasteiger partial charge in [-0.05, 0) is 63.8 Å². The fourth-order valence-electron chi connectivity index (χ4n) is 3.35. The monoisotopic (exact) mass is 408 g/mol. The Kier molecular flexibility index (Phi) is 6.24. The summed E-state index contributed by atoms with van der Waals surface area (Å²) in [4.78, 5) is 20.7. The molecule has 1 aliphatic carbocycles. The maximum absolute atomic E-state index is 12.8. The van der Waals surface area contributed by atoms with E-state index in [2.05, 4.69) is 20.6 Å². The number of rotatable bonds is 4. The molecule has 1 aliphatic rings. The molecule has 0 bridgehead atoms. The highest BCUT2D eigenvalue weighted by molar-refractivity contribution is 5.89. The highest BCUT2D eigenvalue weighted by Crippen LogP contribution is 2.30. The highest BCUT2D eigenvalue weighted by Gasteiger charge is 2.30. The number of nitrogens with one attached hydrogen (secondary N) is 2. The number of urea groups is 1. The molecule has 0 unspecified atom stereocenters. The minimum absolute atomic E-state index is 0.0271. The number of hydrogen-bond donors (Lipinski definition) is 2. The summed E-state index contributed by atoms with van der Waals surface area (Å²) in [6.07, 6.45) is -1.63. The van der Waals surface area contributed by atoms with Crippen molar-refractivity contribution < 1.29 is 22.7 Å². The van der Waals surface area contributed by atoms with Gasteiger partial charge in [0, 0.05) is 23.1 Å². The van der Waals surface area contributed by atoms with Crippen LogP contribution in [0.2, 0.25) is 0 Å². The van der Waals surface area contributed by atoms with Crippen LogP contribution in [0.4, 0.5) is 23.7 Å². The lowest BCUT2D eigenvalue weighted by atomic mass is 9.93. The van der Waals surface area contributed by atoms with Crippen molar-refractivity contribution in [3.63, 3.8) is 0 Å². The van der Waals surface area contributed by atoms with E-state index in [9.17, 15) is 18.0 Å². The Balaban J connectivity index is 1.47. The predicted octanol–water partition coefficient (Wildman–Crippen LogP) is 4.62. The molecule has 0 atom stereocenters. The first-order valence-corrected chi connectivity index (χ1v) is 9.43. The predicted molar refractivity (Wildman–Crippen MR) is 102 cm³/mol. The van der Waals surface area contributed by atoms with Crippen molar-refractivity contribution in [3.05, 3.63) is 47.3 Å². The first-order valence-electron chi connectivity index (χ1n) is 9.43. The molecule has 156 valence electrons. The maximum Gasteiger partial charge on any atom is 0.416 e. The van der Waals surface area contributed by atoms with Crippen LogP contribution in [0.5, 0.6) is 6.01 Å². The number of hydrogen-bond acceptors (Lipinski definition) is 4. The number of nitrogens with zero attached hydrogens (tertiary/aromatic N) is 2. The summed E-state index contributed by atoms with van der Waals surface area (Å²) in [7, 11) is 0. The third kappa shape index (κ3) is 6.07. The number of anilines is 1. The lowest BCUT2D eigenvalue weighted by Gasteiger charge is -2.29. The molecule has 1 heterocycles. The van der Waals surface area contributed by atoms with E-state index in [1.807, 2.05) is 19.9 Å². The minimum atomic E-state index is -4.45. The molecule has 2 amide bonds.